The third-order valence-corrected chi connectivity index (χ3v) is 3.00. The highest BCUT2D eigenvalue weighted by molar-refractivity contribution is 5.85. The van der Waals surface area contributed by atoms with Gasteiger partial charge in [0, 0.05) is 6.04 Å². The molecule has 1 unspecified atom stereocenters. The van der Waals surface area contributed by atoms with E-state index in [1.807, 2.05) is 6.07 Å². The second kappa shape index (κ2) is 10.4. The Hall–Kier alpha value is -0.570. The van der Waals surface area contributed by atoms with Gasteiger partial charge in [0.1, 0.15) is 0 Å². The van der Waals surface area contributed by atoms with Crippen LogP contribution in [0.4, 0.5) is 0 Å². The highest BCUT2D eigenvalue weighted by Crippen LogP contribution is 2.05. The molecule has 0 aliphatic carbocycles. The van der Waals surface area contributed by atoms with Crippen molar-refractivity contribution in [1.29, 1.82) is 0 Å². The van der Waals surface area contributed by atoms with Crippen LogP contribution in [0.25, 0.3) is 0 Å². The second-order valence-electron chi connectivity index (χ2n) is 5.04. The minimum atomic E-state index is 0. The molecule has 0 fully saturated rings. The van der Waals surface area contributed by atoms with Gasteiger partial charge in [-0.2, -0.15) is 0 Å². The third-order valence-electron chi connectivity index (χ3n) is 3.00. The molecule has 0 bridgehead atoms. The largest absolute Gasteiger partial charge is 0.395 e. The molecule has 0 aliphatic heterocycles. The molecule has 1 rings (SSSR count). The molecular formula is C15H26ClNO. The van der Waals surface area contributed by atoms with Gasteiger partial charge in [0.05, 0.1) is 6.61 Å². The molecular weight excluding hydrogens is 246 g/mol. The maximum absolute atomic E-state index is 9.31. The molecule has 0 saturated heterocycles. The van der Waals surface area contributed by atoms with E-state index in [-0.39, 0.29) is 25.1 Å². The fourth-order valence-corrected chi connectivity index (χ4v) is 1.82. The van der Waals surface area contributed by atoms with Gasteiger partial charge in [-0.1, -0.05) is 44.2 Å². The van der Waals surface area contributed by atoms with Crippen LogP contribution in [0.3, 0.4) is 0 Å². The van der Waals surface area contributed by atoms with Crippen LogP contribution < -0.4 is 5.32 Å². The van der Waals surface area contributed by atoms with Crippen LogP contribution in [0.5, 0.6) is 0 Å². The summed E-state index contributed by atoms with van der Waals surface area (Å²) >= 11 is 0. The van der Waals surface area contributed by atoms with Gasteiger partial charge in [-0.3, -0.25) is 0 Å². The molecule has 1 atom stereocenters. The summed E-state index contributed by atoms with van der Waals surface area (Å²) in [6.45, 7) is 5.67. The Bertz CT molecular complexity index is 290. The number of hydrogen-bond acceptors (Lipinski definition) is 2. The Morgan fingerprint density at radius 1 is 1.11 bits per heavy atom. The van der Waals surface area contributed by atoms with E-state index in [9.17, 15) is 5.11 Å². The molecule has 18 heavy (non-hydrogen) atoms. The van der Waals surface area contributed by atoms with Gasteiger partial charge in [0.25, 0.3) is 0 Å². The summed E-state index contributed by atoms with van der Waals surface area (Å²) < 4.78 is 0. The van der Waals surface area contributed by atoms with Crippen LogP contribution in [-0.4, -0.2) is 24.3 Å². The summed E-state index contributed by atoms with van der Waals surface area (Å²) in [6.07, 6.45) is 3.20. The Labute approximate surface area is 117 Å². The maximum Gasteiger partial charge on any atom is 0.0584 e. The number of benzene rings is 1. The predicted octanol–water partition coefficient (Wildman–Crippen LogP) is 3.04. The minimum absolute atomic E-state index is 0. The zero-order valence-electron chi connectivity index (χ0n) is 11.4. The molecule has 0 radical (unpaired) electrons. The lowest BCUT2D eigenvalue weighted by Gasteiger charge is -2.17. The van der Waals surface area contributed by atoms with Crippen LogP contribution in [0.1, 0.15) is 32.3 Å². The van der Waals surface area contributed by atoms with Crippen LogP contribution in [0, 0.1) is 5.92 Å². The molecule has 1 aromatic rings. The molecule has 3 heteroatoms. The van der Waals surface area contributed by atoms with Crippen LogP contribution in [0.2, 0.25) is 0 Å². The third kappa shape index (κ3) is 7.70. The van der Waals surface area contributed by atoms with Crippen molar-refractivity contribution >= 4 is 12.4 Å². The highest BCUT2D eigenvalue weighted by Gasteiger charge is 2.06. The number of nitrogens with one attached hydrogen (secondary N) is 1. The smallest absolute Gasteiger partial charge is 0.0584 e. The first-order chi connectivity index (χ1) is 8.22. The first-order valence-electron chi connectivity index (χ1n) is 6.60. The number of aliphatic hydroxyl groups excluding tert-OH is 1. The van der Waals surface area contributed by atoms with Crippen molar-refractivity contribution in [3.05, 3.63) is 35.9 Å². The molecule has 0 saturated carbocycles. The van der Waals surface area contributed by atoms with Gasteiger partial charge in [-0.15, -0.1) is 12.4 Å². The number of aryl methyl sites for hydroxylation is 1. The Morgan fingerprint density at radius 3 is 2.33 bits per heavy atom. The molecule has 1 aromatic carbocycles. The van der Waals surface area contributed by atoms with Crippen LogP contribution in [-0.2, 0) is 6.42 Å². The van der Waals surface area contributed by atoms with Gasteiger partial charge in [0.2, 0.25) is 0 Å². The van der Waals surface area contributed by atoms with Crippen molar-refractivity contribution in [2.24, 2.45) is 5.92 Å². The average Bonchev–Trinajstić information content (AvgIpc) is 2.34. The van der Waals surface area contributed by atoms with Gasteiger partial charge in [-0.05, 0) is 37.3 Å². The lowest BCUT2D eigenvalue weighted by molar-refractivity contribution is 0.234. The second-order valence-corrected chi connectivity index (χ2v) is 5.04. The maximum atomic E-state index is 9.31. The molecule has 0 aliphatic rings. The normalized spacial score (nSPS) is 12.2. The Kier molecular flexibility index (Phi) is 10.0. The molecule has 2 N–H and O–H groups in total. The van der Waals surface area contributed by atoms with E-state index in [2.05, 4.69) is 43.4 Å². The van der Waals surface area contributed by atoms with E-state index in [0.717, 1.165) is 25.3 Å². The fraction of sp³-hybridized carbons (Fsp3) is 0.600. The van der Waals surface area contributed by atoms with Crippen molar-refractivity contribution in [3.63, 3.8) is 0 Å². The zero-order chi connectivity index (χ0) is 12.5. The minimum Gasteiger partial charge on any atom is -0.395 e. The Morgan fingerprint density at radius 2 is 1.78 bits per heavy atom. The summed E-state index contributed by atoms with van der Waals surface area (Å²) in [4.78, 5) is 0. The lowest BCUT2D eigenvalue weighted by Crippen LogP contribution is -2.34. The number of rotatable bonds is 8. The van der Waals surface area contributed by atoms with Gasteiger partial charge >= 0.3 is 0 Å². The van der Waals surface area contributed by atoms with E-state index in [1.54, 1.807) is 0 Å². The summed E-state index contributed by atoms with van der Waals surface area (Å²) in [6, 6.07) is 10.7. The van der Waals surface area contributed by atoms with E-state index < -0.39 is 0 Å². The summed E-state index contributed by atoms with van der Waals surface area (Å²) in [7, 11) is 0. The highest BCUT2D eigenvalue weighted by atomic mass is 35.5. The van der Waals surface area contributed by atoms with Crippen molar-refractivity contribution in [3.8, 4) is 0 Å². The van der Waals surface area contributed by atoms with Crippen molar-refractivity contribution in [2.45, 2.75) is 39.2 Å². The first-order valence-corrected chi connectivity index (χ1v) is 6.60. The molecule has 0 heterocycles. The molecule has 2 nitrogen and oxygen atoms in total. The molecule has 104 valence electrons. The predicted molar refractivity (Wildman–Crippen MR) is 80.3 cm³/mol. The van der Waals surface area contributed by atoms with Gasteiger partial charge in [-0.25, -0.2) is 0 Å². The molecule has 0 amide bonds. The standard InChI is InChI=1S/C15H25NO.ClH/c1-13(2)10-11-16-15(12-17)9-8-14-6-4-3-5-7-14;/h3-7,13,15-17H,8-12H2,1-2H3;1H. The molecule has 0 spiro atoms. The summed E-state index contributed by atoms with van der Waals surface area (Å²) in [5.41, 5.74) is 1.34. The fourth-order valence-electron chi connectivity index (χ4n) is 1.82. The number of hydrogen-bond donors (Lipinski definition) is 2. The summed E-state index contributed by atoms with van der Waals surface area (Å²) in [5, 5.41) is 12.7. The van der Waals surface area contributed by atoms with Crippen LogP contribution >= 0.6 is 12.4 Å². The topological polar surface area (TPSA) is 32.3 Å². The van der Waals surface area contributed by atoms with Crippen molar-refractivity contribution in [2.75, 3.05) is 13.2 Å². The van der Waals surface area contributed by atoms with Gasteiger partial charge < -0.3 is 10.4 Å². The SMILES string of the molecule is CC(C)CCNC(CO)CCc1ccccc1.Cl. The number of aliphatic hydroxyl groups is 1. The lowest BCUT2D eigenvalue weighted by atomic mass is 10.1. The monoisotopic (exact) mass is 271 g/mol. The number of halogens is 1. The quantitative estimate of drug-likeness (QED) is 0.762. The summed E-state index contributed by atoms with van der Waals surface area (Å²) in [5.74, 6) is 0.718. The zero-order valence-corrected chi connectivity index (χ0v) is 12.2. The van der Waals surface area contributed by atoms with E-state index in [4.69, 9.17) is 0 Å². The van der Waals surface area contributed by atoms with E-state index in [0.29, 0.717) is 0 Å². The van der Waals surface area contributed by atoms with E-state index >= 15 is 0 Å². The average molecular weight is 272 g/mol. The van der Waals surface area contributed by atoms with Crippen molar-refractivity contribution in [1.82, 2.24) is 5.32 Å². The first kappa shape index (κ1) is 17.4. The van der Waals surface area contributed by atoms with E-state index in [1.165, 1.54) is 12.0 Å². The Balaban J connectivity index is 0.00000289. The van der Waals surface area contributed by atoms with Gasteiger partial charge in [0.15, 0.2) is 0 Å². The van der Waals surface area contributed by atoms with Crippen molar-refractivity contribution < 1.29 is 5.11 Å². The van der Waals surface area contributed by atoms with Crippen LogP contribution in [0.15, 0.2) is 30.3 Å². The molecule has 0 aromatic heterocycles.